The van der Waals surface area contributed by atoms with Crippen molar-refractivity contribution in [3.63, 3.8) is 0 Å². The molecule has 20 heavy (non-hydrogen) atoms. The number of sulfonamides is 1. The first-order chi connectivity index (χ1) is 9.35. The van der Waals surface area contributed by atoms with Gasteiger partial charge in [-0.3, -0.25) is 4.72 Å². The zero-order valence-electron chi connectivity index (χ0n) is 11.6. The smallest absolute Gasteiger partial charge is 0.265 e. The first-order valence-electron chi connectivity index (χ1n) is 6.26. The minimum Gasteiger partial charge on any atom is -0.505 e. The Morgan fingerprint density at radius 3 is 2.55 bits per heavy atom. The van der Waals surface area contributed by atoms with E-state index in [4.69, 9.17) is 4.42 Å². The van der Waals surface area contributed by atoms with E-state index >= 15 is 0 Å². The number of furan rings is 1. The van der Waals surface area contributed by atoms with Crippen LogP contribution in [-0.4, -0.2) is 13.5 Å². The average Bonchev–Trinajstić information content (AvgIpc) is 2.72. The maximum absolute atomic E-state index is 12.3. The fourth-order valence-corrected chi connectivity index (χ4v) is 3.34. The molecule has 0 spiro atoms. The van der Waals surface area contributed by atoms with Crippen LogP contribution in [0.5, 0.6) is 5.75 Å². The summed E-state index contributed by atoms with van der Waals surface area (Å²) in [5.74, 6) is 0.798. The van der Waals surface area contributed by atoms with E-state index in [9.17, 15) is 13.5 Å². The molecule has 0 aliphatic carbocycles. The van der Waals surface area contributed by atoms with Gasteiger partial charge in [0.2, 0.25) is 0 Å². The minimum absolute atomic E-state index is 0.0450. The highest BCUT2D eigenvalue weighted by molar-refractivity contribution is 7.92. The van der Waals surface area contributed by atoms with Gasteiger partial charge in [-0.2, -0.15) is 0 Å². The summed E-state index contributed by atoms with van der Waals surface area (Å²) in [5.41, 5.74) is 0.855. The van der Waals surface area contributed by atoms with Gasteiger partial charge in [0.1, 0.15) is 22.2 Å². The molecule has 0 aliphatic heterocycles. The van der Waals surface area contributed by atoms with Crippen LogP contribution in [0.2, 0.25) is 0 Å². The number of para-hydroxylation sites is 1. The van der Waals surface area contributed by atoms with Crippen LogP contribution >= 0.6 is 0 Å². The first-order valence-corrected chi connectivity index (χ1v) is 7.74. The van der Waals surface area contributed by atoms with Gasteiger partial charge in [-0.1, -0.05) is 19.1 Å². The number of hydrogen-bond donors (Lipinski definition) is 2. The average molecular weight is 295 g/mol. The van der Waals surface area contributed by atoms with Gasteiger partial charge in [-0.15, -0.1) is 0 Å². The second kappa shape index (κ2) is 5.20. The lowest BCUT2D eigenvalue weighted by Gasteiger charge is -2.11. The minimum atomic E-state index is -3.77. The molecule has 1 aromatic heterocycles. The number of phenolic OH excluding ortho intramolecular Hbond substituents is 1. The third kappa shape index (κ3) is 2.65. The quantitative estimate of drug-likeness (QED) is 0.850. The van der Waals surface area contributed by atoms with Gasteiger partial charge in [0.15, 0.2) is 0 Å². The molecule has 0 atom stereocenters. The second-order valence-electron chi connectivity index (χ2n) is 4.55. The normalized spacial score (nSPS) is 11.6. The van der Waals surface area contributed by atoms with E-state index in [1.54, 1.807) is 26.0 Å². The van der Waals surface area contributed by atoms with Crippen molar-refractivity contribution in [3.05, 3.63) is 41.3 Å². The summed E-state index contributed by atoms with van der Waals surface area (Å²) >= 11 is 0. The Bertz CT molecular complexity index is 732. The number of nitrogens with one attached hydrogen (secondary N) is 1. The predicted molar refractivity (Wildman–Crippen MR) is 76.5 cm³/mol. The predicted octanol–water partition coefficient (Wildman–Crippen LogP) is 2.97. The summed E-state index contributed by atoms with van der Waals surface area (Å²) in [6.45, 7) is 5.15. The Hall–Kier alpha value is -1.95. The van der Waals surface area contributed by atoms with Gasteiger partial charge in [-0.25, -0.2) is 8.42 Å². The molecule has 0 fully saturated rings. The van der Waals surface area contributed by atoms with Crippen LogP contribution in [-0.2, 0) is 16.4 Å². The van der Waals surface area contributed by atoms with Crippen molar-refractivity contribution >= 4 is 15.7 Å². The number of benzene rings is 1. The van der Waals surface area contributed by atoms with Crippen LogP contribution in [0.4, 0.5) is 5.69 Å². The third-order valence-electron chi connectivity index (χ3n) is 3.03. The Labute approximate surface area is 118 Å². The van der Waals surface area contributed by atoms with E-state index in [2.05, 4.69) is 4.72 Å². The standard InChI is InChI=1S/C14H17NO4S/c1-4-11-6-5-7-12(14(11)16)15-20(17,18)13-8-9(2)19-10(13)3/h5-8,15-16H,4H2,1-3H3. The highest BCUT2D eigenvalue weighted by atomic mass is 32.2. The summed E-state index contributed by atoms with van der Waals surface area (Å²) < 4.78 is 32.2. The monoisotopic (exact) mass is 295 g/mol. The largest absolute Gasteiger partial charge is 0.505 e. The summed E-state index contributed by atoms with van der Waals surface area (Å²) in [7, 11) is -3.77. The molecule has 0 bridgehead atoms. The van der Waals surface area contributed by atoms with Crippen molar-refractivity contribution in [1.29, 1.82) is 0 Å². The first kappa shape index (κ1) is 14.5. The molecule has 2 rings (SSSR count). The van der Waals surface area contributed by atoms with Gasteiger partial charge in [0, 0.05) is 6.07 Å². The van der Waals surface area contributed by atoms with Gasteiger partial charge in [0.25, 0.3) is 10.0 Å². The molecular formula is C14H17NO4S. The second-order valence-corrected chi connectivity index (χ2v) is 6.20. The van der Waals surface area contributed by atoms with Gasteiger partial charge >= 0.3 is 0 Å². The van der Waals surface area contributed by atoms with Crippen molar-refractivity contribution < 1.29 is 17.9 Å². The molecule has 1 aromatic carbocycles. The van der Waals surface area contributed by atoms with Crippen molar-refractivity contribution in [2.75, 3.05) is 4.72 Å². The fourth-order valence-electron chi connectivity index (χ4n) is 2.03. The van der Waals surface area contributed by atoms with E-state index in [1.165, 1.54) is 12.1 Å². The lowest BCUT2D eigenvalue weighted by atomic mass is 10.1. The molecular weight excluding hydrogens is 278 g/mol. The highest BCUT2D eigenvalue weighted by Gasteiger charge is 2.22. The molecule has 0 radical (unpaired) electrons. The lowest BCUT2D eigenvalue weighted by molar-refractivity contribution is 0.471. The molecule has 0 amide bonds. The van der Waals surface area contributed by atoms with Crippen LogP contribution in [0.3, 0.4) is 0 Å². The summed E-state index contributed by atoms with van der Waals surface area (Å²) in [6, 6.07) is 6.43. The zero-order valence-corrected chi connectivity index (χ0v) is 12.4. The summed E-state index contributed by atoms with van der Waals surface area (Å²) in [4.78, 5) is 0.0799. The molecule has 1 heterocycles. The van der Waals surface area contributed by atoms with Crippen LogP contribution < -0.4 is 4.72 Å². The number of aromatic hydroxyl groups is 1. The molecule has 0 aliphatic rings. The van der Waals surface area contributed by atoms with E-state index < -0.39 is 10.0 Å². The molecule has 6 heteroatoms. The van der Waals surface area contributed by atoms with E-state index in [0.717, 1.165) is 0 Å². The maximum Gasteiger partial charge on any atom is 0.265 e. The summed E-state index contributed by atoms with van der Waals surface area (Å²) in [5, 5.41) is 10.0. The zero-order chi connectivity index (χ0) is 14.9. The van der Waals surface area contributed by atoms with E-state index in [1.807, 2.05) is 6.92 Å². The Balaban J connectivity index is 2.41. The molecule has 0 saturated heterocycles. The summed E-state index contributed by atoms with van der Waals surface area (Å²) in [6.07, 6.45) is 0.616. The van der Waals surface area contributed by atoms with Gasteiger partial charge in [-0.05, 0) is 31.9 Å². The van der Waals surface area contributed by atoms with Crippen molar-refractivity contribution in [2.45, 2.75) is 32.1 Å². The highest BCUT2D eigenvalue weighted by Crippen LogP contribution is 2.30. The van der Waals surface area contributed by atoms with Gasteiger partial charge < -0.3 is 9.52 Å². The van der Waals surface area contributed by atoms with Crippen molar-refractivity contribution in [2.24, 2.45) is 0 Å². The molecule has 0 unspecified atom stereocenters. The van der Waals surface area contributed by atoms with E-state index in [-0.39, 0.29) is 16.3 Å². The SMILES string of the molecule is CCc1cccc(NS(=O)(=O)c2cc(C)oc2C)c1O. The topological polar surface area (TPSA) is 79.5 Å². The molecule has 2 aromatic rings. The number of anilines is 1. The molecule has 5 nitrogen and oxygen atoms in total. The van der Waals surface area contributed by atoms with Crippen LogP contribution in [0.1, 0.15) is 24.0 Å². The maximum atomic E-state index is 12.3. The van der Waals surface area contributed by atoms with Crippen molar-refractivity contribution in [3.8, 4) is 5.75 Å². The number of hydrogen-bond acceptors (Lipinski definition) is 4. The van der Waals surface area contributed by atoms with Crippen molar-refractivity contribution in [1.82, 2.24) is 0 Å². The van der Waals surface area contributed by atoms with Crippen LogP contribution in [0.15, 0.2) is 33.6 Å². The Kier molecular flexibility index (Phi) is 3.76. The molecule has 2 N–H and O–H groups in total. The Morgan fingerprint density at radius 1 is 1.30 bits per heavy atom. The van der Waals surface area contributed by atoms with E-state index in [0.29, 0.717) is 23.5 Å². The van der Waals surface area contributed by atoms with Crippen LogP contribution in [0.25, 0.3) is 0 Å². The van der Waals surface area contributed by atoms with Crippen LogP contribution in [0, 0.1) is 13.8 Å². The fraction of sp³-hybridized carbons (Fsp3) is 0.286. The number of aryl methyl sites for hydroxylation is 3. The third-order valence-corrected chi connectivity index (χ3v) is 4.50. The molecule has 0 saturated carbocycles. The Morgan fingerprint density at radius 2 is 2.00 bits per heavy atom. The number of phenols is 1. The molecule has 108 valence electrons. The number of rotatable bonds is 4. The van der Waals surface area contributed by atoms with Gasteiger partial charge in [0.05, 0.1) is 5.69 Å². The lowest BCUT2D eigenvalue weighted by Crippen LogP contribution is -2.13.